The van der Waals surface area contributed by atoms with Gasteiger partial charge in [-0.15, -0.1) is 0 Å². The molecule has 1 atom stereocenters. The van der Waals surface area contributed by atoms with E-state index in [1.165, 1.54) is 0 Å². The molecule has 5 heteroatoms. The Hall–Kier alpha value is -1.36. The number of hydrogen-bond donors (Lipinski definition) is 3. The highest BCUT2D eigenvalue weighted by molar-refractivity contribution is 5.42. The zero-order valence-electron chi connectivity index (χ0n) is 12.2. The molecule has 3 N–H and O–H groups in total. The van der Waals surface area contributed by atoms with E-state index in [9.17, 15) is 0 Å². The second kappa shape index (κ2) is 8.69. The van der Waals surface area contributed by atoms with Crippen LogP contribution in [-0.4, -0.2) is 34.8 Å². The highest BCUT2D eigenvalue weighted by Crippen LogP contribution is 2.14. The lowest BCUT2D eigenvalue weighted by atomic mass is 10.0. The molecular formula is C14H26N4O. The molecule has 0 amide bonds. The van der Waals surface area contributed by atoms with Crippen molar-refractivity contribution in [2.45, 2.75) is 40.0 Å². The van der Waals surface area contributed by atoms with Gasteiger partial charge in [-0.2, -0.15) is 4.98 Å². The molecule has 0 radical (unpaired) electrons. The van der Waals surface area contributed by atoms with Crippen LogP contribution in [0.3, 0.4) is 0 Å². The summed E-state index contributed by atoms with van der Waals surface area (Å²) in [5.41, 5.74) is 0.947. The van der Waals surface area contributed by atoms with Gasteiger partial charge in [0.2, 0.25) is 5.95 Å². The minimum Gasteiger partial charge on any atom is -0.396 e. The predicted octanol–water partition coefficient (Wildman–Crippen LogP) is 2.43. The zero-order valence-corrected chi connectivity index (χ0v) is 12.2. The molecule has 1 unspecified atom stereocenters. The zero-order chi connectivity index (χ0) is 14.1. The first-order valence-electron chi connectivity index (χ1n) is 7.13. The molecule has 5 nitrogen and oxygen atoms in total. The number of nitrogens with one attached hydrogen (secondary N) is 2. The molecule has 0 saturated heterocycles. The second-order valence-corrected chi connectivity index (χ2v) is 4.80. The van der Waals surface area contributed by atoms with E-state index < -0.39 is 0 Å². The van der Waals surface area contributed by atoms with Crippen molar-refractivity contribution in [1.29, 1.82) is 0 Å². The van der Waals surface area contributed by atoms with Crippen LogP contribution < -0.4 is 10.6 Å². The van der Waals surface area contributed by atoms with E-state index in [2.05, 4.69) is 27.5 Å². The van der Waals surface area contributed by atoms with Gasteiger partial charge in [0.05, 0.1) is 0 Å². The smallest absolute Gasteiger partial charge is 0.224 e. The maximum absolute atomic E-state index is 9.06. The van der Waals surface area contributed by atoms with Gasteiger partial charge in [0, 0.05) is 31.5 Å². The summed E-state index contributed by atoms with van der Waals surface area (Å²) < 4.78 is 0. The monoisotopic (exact) mass is 266 g/mol. The second-order valence-electron chi connectivity index (χ2n) is 4.80. The number of aryl methyl sites for hydroxylation is 1. The normalized spacial score (nSPS) is 12.2. The van der Waals surface area contributed by atoms with Gasteiger partial charge in [-0.1, -0.05) is 13.3 Å². The fourth-order valence-electron chi connectivity index (χ4n) is 2.08. The van der Waals surface area contributed by atoms with Crippen LogP contribution in [0.2, 0.25) is 0 Å². The van der Waals surface area contributed by atoms with Crippen LogP contribution in [0, 0.1) is 12.8 Å². The van der Waals surface area contributed by atoms with Crippen molar-refractivity contribution in [1.82, 2.24) is 9.97 Å². The maximum Gasteiger partial charge on any atom is 0.224 e. The van der Waals surface area contributed by atoms with Gasteiger partial charge < -0.3 is 15.7 Å². The van der Waals surface area contributed by atoms with E-state index in [0.717, 1.165) is 43.9 Å². The molecule has 0 saturated carbocycles. The summed E-state index contributed by atoms with van der Waals surface area (Å²) in [5, 5.41) is 15.5. The first-order valence-corrected chi connectivity index (χ1v) is 7.13. The van der Waals surface area contributed by atoms with E-state index in [4.69, 9.17) is 5.11 Å². The number of hydrogen-bond acceptors (Lipinski definition) is 5. The van der Waals surface area contributed by atoms with Gasteiger partial charge in [0.1, 0.15) is 5.82 Å². The highest BCUT2D eigenvalue weighted by Gasteiger charge is 2.08. The Morgan fingerprint density at radius 2 is 2.00 bits per heavy atom. The summed E-state index contributed by atoms with van der Waals surface area (Å²) in [6.45, 7) is 8.06. The minimum absolute atomic E-state index is 0.248. The molecule has 1 aromatic rings. The van der Waals surface area contributed by atoms with E-state index in [0.29, 0.717) is 11.9 Å². The molecule has 0 aliphatic rings. The Labute approximate surface area is 115 Å². The number of rotatable bonds is 9. The van der Waals surface area contributed by atoms with Gasteiger partial charge >= 0.3 is 0 Å². The molecular weight excluding hydrogens is 240 g/mol. The van der Waals surface area contributed by atoms with Crippen molar-refractivity contribution in [2.75, 3.05) is 30.3 Å². The van der Waals surface area contributed by atoms with Crippen molar-refractivity contribution in [2.24, 2.45) is 5.92 Å². The third-order valence-corrected chi connectivity index (χ3v) is 3.00. The Morgan fingerprint density at radius 3 is 2.63 bits per heavy atom. The molecule has 1 heterocycles. The Kier molecular flexibility index (Phi) is 7.18. The fourth-order valence-corrected chi connectivity index (χ4v) is 2.08. The van der Waals surface area contributed by atoms with Gasteiger partial charge in [0.15, 0.2) is 0 Å². The molecule has 0 spiro atoms. The number of aliphatic hydroxyl groups excluding tert-OH is 1. The van der Waals surface area contributed by atoms with Crippen LogP contribution in [0.1, 0.15) is 38.8 Å². The quantitative estimate of drug-likeness (QED) is 0.640. The number of anilines is 2. The molecule has 108 valence electrons. The average Bonchev–Trinajstić information content (AvgIpc) is 2.36. The van der Waals surface area contributed by atoms with Crippen LogP contribution in [-0.2, 0) is 0 Å². The van der Waals surface area contributed by atoms with Crippen molar-refractivity contribution in [3.8, 4) is 0 Å². The molecule has 0 aliphatic heterocycles. The summed E-state index contributed by atoms with van der Waals surface area (Å²) in [7, 11) is 0. The lowest BCUT2D eigenvalue weighted by Gasteiger charge is -2.16. The summed E-state index contributed by atoms with van der Waals surface area (Å²) in [6, 6.07) is 1.95. The fraction of sp³-hybridized carbons (Fsp3) is 0.714. The van der Waals surface area contributed by atoms with Gasteiger partial charge in [-0.05, 0) is 32.6 Å². The standard InChI is InChI=1S/C14H26N4O/c1-4-6-12(7-8-19)10-16-13-9-11(3)17-14(18-13)15-5-2/h9,12,19H,4-8,10H2,1-3H3,(H2,15,16,17,18). The molecule has 0 aliphatic carbocycles. The maximum atomic E-state index is 9.06. The SMILES string of the molecule is CCCC(CCO)CNc1cc(C)nc(NCC)n1. The van der Waals surface area contributed by atoms with Crippen LogP contribution in [0.5, 0.6) is 0 Å². The summed E-state index contributed by atoms with van der Waals surface area (Å²) >= 11 is 0. The van der Waals surface area contributed by atoms with Crippen LogP contribution in [0.4, 0.5) is 11.8 Å². The Balaban J connectivity index is 2.59. The first-order chi connectivity index (χ1) is 9.19. The molecule has 1 aromatic heterocycles. The third kappa shape index (κ3) is 5.87. The highest BCUT2D eigenvalue weighted by atomic mass is 16.3. The molecule has 0 fully saturated rings. The van der Waals surface area contributed by atoms with Crippen molar-refractivity contribution in [3.05, 3.63) is 11.8 Å². The van der Waals surface area contributed by atoms with Crippen molar-refractivity contribution < 1.29 is 5.11 Å². The van der Waals surface area contributed by atoms with E-state index in [-0.39, 0.29) is 6.61 Å². The topological polar surface area (TPSA) is 70.1 Å². The molecule has 19 heavy (non-hydrogen) atoms. The van der Waals surface area contributed by atoms with Crippen molar-refractivity contribution in [3.63, 3.8) is 0 Å². The Morgan fingerprint density at radius 1 is 1.21 bits per heavy atom. The predicted molar refractivity (Wildman–Crippen MR) is 79.5 cm³/mol. The van der Waals surface area contributed by atoms with E-state index >= 15 is 0 Å². The van der Waals surface area contributed by atoms with Crippen LogP contribution >= 0.6 is 0 Å². The molecule has 0 aromatic carbocycles. The summed E-state index contributed by atoms with van der Waals surface area (Å²) in [4.78, 5) is 8.74. The Bertz CT molecular complexity index is 364. The van der Waals surface area contributed by atoms with E-state index in [1.54, 1.807) is 0 Å². The minimum atomic E-state index is 0.248. The largest absolute Gasteiger partial charge is 0.396 e. The van der Waals surface area contributed by atoms with Crippen LogP contribution in [0.25, 0.3) is 0 Å². The van der Waals surface area contributed by atoms with Crippen LogP contribution in [0.15, 0.2) is 6.07 Å². The van der Waals surface area contributed by atoms with Gasteiger partial charge in [0.25, 0.3) is 0 Å². The average molecular weight is 266 g/mol. The molecule has 0 bridgehead atoms. The number of aromatic nitrogens is 2. The first kappa shape index (κ1) is 15.7. The molecule has 1 rings (SSSR count). The van der Waals surface area contributed by atoms with Gasteiger partial charge in [-0.25, -0.2) is 4.98 Å². The summed E-state index contributed by atoms with van der Waals surface area (Å²) in [6.07, 6.45) is 3.10. The number of aliphatic hydroxyl groups is 1. The third-order valence-electron chi connectivity index (χ3n) is 3.00. The lowest BCUT2D eigenvalue weighted by Crippen LogP contribution is -2.17. The van der Waals surface area contributed by atoms with Gasteiger partial charge in [-0.3, -0.25) is 0 Å². The van der Waals surface area contributed by atoms with Crippen molar-refractivity contribution >= 4 is 11.8 Å². The van der Waals surface area contributed by atoms with E-state index in [1.807, 2.05) is 19.9 Å². The summed E-state index contributed by atoms with van der Waals surface area (Å²) in [5.74, 6) is 2.01. The number of nitrogens with zero attached hydrogens (tertiary/aromatic N) is 2. The lowest BCUT2D eigenvalue weighted by molar-refractivity contribution is 0.255.